The minimum absolute atomic E-state index is 0.0189. The Morgan fingerprint density at radius 1 is 1.12 bits per heavy atom. The average Bonchev–Trinajstić information content (AvgIpc) is 2.33. The molecule has 0 aromatic rings. The number of nitrogens with one attached hydrogen (secondary N) is 1. The summed E-state index contributed by atoms with van der Waals surface area (Å²) in [5.74, 6) is 0.0842. The summed E-state index contributed by atoms with van der Waals surface area (Å²) < 4.78 is 6.10. The van der Waals surface area contributed by atoms with Crippen molar-refractivity contribution in [1.82, 2.24) is 4.90 Å². The molecule has 17 heavy (non-hydrogen) atoms. The van der Waals surface area contributed by atoms with Crippen LogP contribution in [0.1, 0.15) is 44.9 Å². The average molecular weight is 240 g/mol. The molecule has 2 atom stereocenters. The molecule has 0 amide bonds. The highest BCUT2D eigenvalue weighted by Gasteiger charge is 2.33. The zero-order chi connectivity index (χ0) is 12.3. The molecule has 2 fully saturated rings. The van der Waals surface area contributed by atoms with Crippen LogP contribution in [0.15, 0.2) is 0 Å². The van der Waals surface area contributed by atoms with E-state index in [-0.39, 0.29) is 18.2 Å². The van der Waals surface area contributed by atoms with Crippen LogP contribution in [-0.4, -0.2) is 35.8 Å². The van der Waals surface area contributed by atoms with Gasteiger partial charge >= 0.3 is 0 Å². The van der Waals surface area contributed by atoms with Crippen molar-refractivity contribution in [3.63, 3.8) is 0 Å². The lowest BCUT2D eigenvalue weighted by Crippen LogP contribution is -2.58. The molecule has 2 rings (SSSR count). The fourth-order valence-corrected chi connectivity index (χ4v) is 2.83. The molecular weight excluding hydrogens is 216 g/mol. The molecule has 5 N–H and O–H groups in total. The van der Waals surface area contributed by atoms with E-state index in [0.717, 1.165) is 32.2 Å². The van der Waals surface area contributed by atoms with Crippen LogP contribution in [-0.2, 0) is 4.74 Å². The Morgan fingerprint density at radius 3 is 2.47 bits per heavy atom. The number of nitrogens with two attached hydrogens (primary N) is 2. The van der Waals surface area contributed by atoms with Gasteiger partial charge in [0.25, 0.3) is 0 Å². The number of ether oxygens (including phenoxy) is 1. The van der Waals surface area contributed by atoms with E-state index >= 15 is 0 Å². The summed E-state index contributed by atoms with van der Waals surface area (Å²) in [6.45, 7) is 0.792. The van der Waals surface area contributed by atoms with Gasteiger partial charge in [0.2, 0.25) is 0 Å². The Morgan fingerprint density at radius 2 is 1.82 bits per heavy atom. The molecule has 5 nitrogen and oxygen atoms in total. The van der Waals surface area contributed by atoms with Gasteiger partial charge in [-0.05, 0) is 25.7 Å². The van der Waals surface area contributed by atoms with Crippen molar-refractivity contribution in [1.29, 1.82) is 5.41 Å². The van der Waals surface area contributed by atoms with Gasteiger partial charge in [-0.3, -0.25) is 5.41 Å². The van der Waals surface area contributed by atoms with Crippen LogP contribution < -0.4 is 11.5 Å². The van der Waals surface area contributed by atoms with Crippen LogP contribution in [0, 0.1) is 5.41 Å². The first kappa shape index (κ1) is 12.6. The van der Waals surface area contributed by atoms with E-state index in [1.165, 1.54) is 19.3 Å². The molecule has 0 radical (unpaired) electrons. The number of guanidine groups is 1. The van der Waals surface area contributed by atoms with Gasteiger partial charge in [-0.15, -0.1) is 0 Å². The minimum atomic E-state index is -0.190. The predicted octanol–water partition coefficient (Wildman–Crippen LogP) is 0.978. The molecule has 0 bridgehead atoms. The van der Waals surface area contributed by atoms with E-state index < -0.39 is 0 Å². The van der Waals surface area contributed by atoms with Gasteiger partial charge < -0.3 is 21.1 Å². The van der Waals surface area contributed by atoms with E-state index in [1.54, 1.807) is 0 Å². The summed E-state index contributed by atoms with van der Waals surface area (Å²) in [5, 5.41) is 7.59. The van der Waals surface area contributed by atoms with Crippen LogP contribution in [0.5, 0.6) is 0 Å². The molecule has 1 saturated carbocycles. The monoisotopic (exact) mass is 240 g/mol. The van der Waals surface area contributed by atoms with Gasteiger partial charge in [-0.2, -0.15) is 0 Å². The second-order valence-electron chi connectivity index (χ2n) is 5.17. The SMILES string of the molecule is N=C(N)N1CCC[C@H](N)[C@@H]1OC1CCCCC1. The molecule has 1 heterocycles. The zero-order valence-corrected chi connectivity index (χ0v) is 10.4. The highest BCUT2D eigenvalue weighted by Crippen LogP contribution is 2.25. The van der Waals surface area contributed by atoms with E-state index in [2.05, 4.69) is 0 Å². The van der Waals surface area contributed by atoms with Gasteiger partial charge in [-0.25, -0.2) is 0 Å². The normalized spacial score (nSPS) is 31.5. The molecule has 5 heteroatoms. The van der Waals surface area contributed by atoms with E-state index in [4.69, 9.17) is 21.6 Å². The first-order valence-electron chi connectivity index (χ1n) is 6.70. The van der Waals surface area contributed by atoms with Gasteiger partial charge in [0.1, 0.15) is 6.23 Å². The molecule has 0 spiro atoms. The van der Waals surface area contributed by atoms with Crippen LogP contribution in [0.25, 0.3) is 0 Å². The second kappa shape index (κ2) is 5.69. The number of likely N-dealkylation sites (tertiary alicyclic amines) is 1. The summed E-state index contributed by atoms with van der Waals surface area (Å²) in [6, 6.07) is -0.0189. The van der Waals surface area contributed by atoms with Crippen molar-refractivity contribution in [2.24, 2.45) is 11.5 Å². The highest BCUT2D eigenvalue weighted by atomic mass is 16.5. The summed E-state index contributed by atoms with van der Waals surface area (Å²) in [7, 11) is 0. The van der Waals surface area contributed by atoms with E-state index in [9.17, 15) is 0 Å². The number of hydrogen-bond acceptors (Lipinski definition) is 3. The third-order valence-electron chi connectivity index (χ3n) is 3.80. The molecular formula is C12H24N4O. The largest absolute Gasteiger partial charge is 0.370 e. The maximum absolute atomic E-state index is 7.59. The van der Waals surface area contributed by atoms with Crippen LogP contribution in [0.3, 0.4) is 0 Å². The summed E-state index contributed by atoms with van der Waals surface area (Å²) in [4.78, 5) is 1.81. The number of piperidine rings is 1. The Kier molecular flexibility index (Phi) is 4.23. The molecule has 98 valence electrons. The lowest BCUT2D eigenvalue weighted by atomic mass is 9.97. The smallest absolute Gasteiger partial charge is 0.190 e. The topological polar surface area (TPSA) is 88.4 Å². The lowest BCUT2D eigenvalue weighted by molar-refractivity contribution is -0.109. The molecule has 1 aliphatic heterocycles. The molecule has 1 aliphatic carbocycles. The van der Waals surface area contributed by atoms with Gasteiger partial charge in [0, 0.05) is 12.6 Å². The minimum Gasteiger partial charge on any atom is -0.370 e. The predicted molar refractivity (Wildman–Crippen MR) is 67.6 cm³/mol. The molecule has 0 unspecified atom stereocenters. The molecule has 0 aromatic heterocycles. The van der Waals surface area contributed by atoms with Crippen LogP contribution in [0.2, 0.25) is 0 Å². The van der Waals surface area contributed by atoms with Crippen molar-refractivity contribution >= 4 is 5.96 Å². The third kappa shape index (κ3) is 3.10. The van der Waals surface area contributed by atoms with Crippen LogP contribution >= 0.6 is 0 Å². The fraction of sp³-hybridized carbons (Fsp3) is 0.917. The van der Waals surface area contributed by atoms with Crippen molar-refractivity contribution in [3.05, 3.63) is 0 Å². The fourth-order valence-electron chi connectivity index (χ4n) is 2.83. The van der Waals surface area contributed by atoms with Gasteiger partial charge in [0.15, 0.2) is 5.96 Å². The number of rotatable bonds is 2. The Balaban J connectivity index is 1.95. The van der Waals surface area contributed by atoms with E-state index in [0.29, 0.717) is 6.10 Å². The number of hydrogen-bond donors (Lipinski definition) is 3. The summed E-state index contributed by atoms with van der Waals surface area (Å²) >= 11 is 0. The second-order valence-corrected chi connectivity index (χ2v) is 5.17. The van der Waals surface area contributed by atoms with Crippen molar-refractivity contribution in [2.45, 2.75) is 63.3 Å². The quantitative estimate of drug-likeness (QED) is 0.496. The molecule has 1 saturated heterocycles. The van der Waals surface area contributed by atoms with Crippen molar-refractivity contribution < 1.29 is 4.74 Å². The maximum atomic E-state index is 7.59. The van der Waals surface area contributed by atoms with E-state index in [1.807, 2.05) is 4.90 Å². The summed E-state index contributed by atoms with van der Waals surface area (Å²) in [5.41, 5.74) is 11.7. The van der Waals surface area contributed by atoms with Gasteiger partial charge in [0.05, 0.1) is 6.10 Å². The maximum Gasteiger partial charge on any atom is 0.190 e. The van der Waals surface area contributed by atoms with Crippen molar-refractivity contribution in [2.75, 3.05) is 6.54 Å². The highest BCUT2D eigenvalue weighted by molar-refractivity contribution is 5.75. The zero-order valence-electron chi connectivity index (χ0n) is 10.4. The third-order valence-corrected chi connectivity index (χ3v) is 3.80. The summed E-state index contributed by atoms with van der Waals surface area (Å²) in [6.07, 6.45) is 8.10. The lowest BCUT2D eigenvalue weighted by Gasteiger charge is -2.41. The number of nitrogens with zero attached hydrogens (tertiary/aromatic N) is 1. The molecule has 0 aromatic carbocycles. The standard InChI is InChI=1S/C12H24N4O/c13-10-7-4-8-16(12(14)15)11(10)17-9-5-2-1-3-6-9/h9-11H,1-8,13H2,(H3,14,15)/t10-,11-/m0/s1. The molecule has 2 aliphatic rings. The Hall–Kier alpha value is -0.810. The Bertz CT molecular complexity index is 265. The van der Waals surface area contributed by atoms with Crippen molar-refractivity contribution in [3.8, 4) is 0 Å². The first-order valence-corrected chi connectivity index (χ1v) is 6.70. The van der Waals surface area contributed by atoms with Gasteiger partial charge in [-0.1, -0.05) is 19.3 Å². The van der Waals surface area contributed by atoms with Crippen LogP contribution in [0.4, 0.5) is 0 Å². The first-order chi connectivity index (χ1) is 8.18. The Labute approximate surface area is 103 Å².